The summed E-state index contributed by atoms with van der Waals surface area (Å²) in [5, 5.41) is 9.50. The van der Waals surface area contributed by atoms with E-state index >= 15 is 0 Å². The lowest BCUT2D eigenvalue weighted by atomic mass is 10.0. The molecule has 1 aromatic heterocycles. The zero-order valence-electron chi connectivity index (χ0n) is 22.2. The molecule has 0 aliphatic rings. The summed E-state index contributed by atoms with van der Waals surface area (Å²) in [5.41, 5.74) is 5.04. The van der Waals surface area contributed by atoms with Gasteiger partial charge in [0.25, 0.3) is 0 Å². The summed E-state index contributed by atoms with van der Waals surface area (Å²) < 4.78 is 53.3. The van der Waals surface area contributed by atoms with Gasteiger partial charge in [0.15, 0.2) is 6.61 Å². The Hall–Kier alpha value is -4.83. The van der Waals surface area contributed by atoms with Crippen LogP contribution in [-0.2, 0) is 11.4 Å². The molecule has 0 saturated carbocycles. The third-order valence-corrected chi connectivity index (χ3v) is 7.22. The summed E-state index contributed by atoms with van der Waals surface area (Å²) in [6, 6.07) is 28.6. The first-order chi connectivity index (χ1) is 20.1. The van der Waals surface area contributed by atoms with E-state index in [2.05, 4.69) is 4.74 Å². The molecule has 5 rings (SSSR count). The van der Waals surface area contributed by atoms with Crippen molar-refractivity contribution >= 4 is 17.3 Å². The summed E-state index contributed by atoms with van der Waals surface area (Å²) in [6.07, 6.45) is -4.78. The van der Waals surface area contributed by atoms with Gasteiger partial charge in [0.05, 0.1) is 10.6 Å². The van der Waals surface area contributed by atoms with Crippen LogP contribution in [0.4, 0.5) is 13.2 Å². The second-order valence-corrected chi connectivity index (χ2v) is 10.3. The zero-order chi connectivity index (χ0) is 29.7. The van der Waals surface area contributed by atoms with Crippen LogP contribution in [0.3, 0.4) is 0 Å². The predicted octanol–water partition coefficient (Wildman–Crippen LogP) is 8.39. The van der Waals surface area contributed by atoms with Crippen LogP contribution in [-0.4, -0.2) is 29.0 Å². The molecule has 0 bridgehead atoms. The Labute approximate surface area is 243 Å². The Bertz CT molecular complexity index is 1670. The maximum absolute atomic E-state index is 12.7. The van der Waals surface area contributed by atoms with Crippen LogP contribution in [0.25, 0.3) is 32.8 Å². The lowest BCUT2D eigenvalue weighted by Gasteiger charge is -2.09. The van der Waals surface area contributed by atoms with Crippen LogP contribution >= 0.6 is 11.3 Å². The topological polar surface area (TPSA) is 77.9 Å². The number of aryl methyl sites for hydroxylation is 1. The number of ether oxygens (including phenoxy) is 3. The lowest BCUT2D eigenvalue weighted by Crippen LogP contribution is -2.16. The highest BCUT2D eigenvalue weighted by Crippen LogP contribution is 2.39. The van der Waals surface area contributed by atoms with Gasteiger partial charge in [0, 0.05) is 5.56 Å². The van der Waals surface area contributed by atoms with Crippen LogP contribution in [0.1, 0.15) is 10.6 Å². The second-order valence-electron chi connectivity index (χ2n) is 9.20. The van der Waals surface area contributed by atoms with Crippen molar-refractivity contribution in [1.29, 1.82) is 0 Å². The van der Waals surface area contributed by atoms with Crippen molar-refractivity contribution < 1.29 is 37.3 Å². The van der Waals surface area contributed by atoms with Gasteiger partial charge in [-0.2, -0.15) is 0 Å². The summed E-state index contributed by atoms with van der Waals surface area (Å²) in [4.78, 5) is 16.4. The van der Waals surface area contributed by atoms with Crippen LogP contribution in [0.5, 0.6) is 17.2 Å². The molecule has 0 radical (unpaired) electrons. The van der Waals surface area contributed by atoms with Crippen molar-refractivity contribution in [1.82, 2.24) is 4.98 Å². The molecule has 0 aliphatic heterocycles. The molecule has 42 heavy (non-hydrogen) atoms. The van der Waals surface area contributed by atoms with Gasteiger partial charge >= 0.3 is 12.3 Å². The third-order valence-electron chi connectivity index (χ3n) is 6.15. The molecule has 214 valence electrons. The minimum atomic E-state index is -4.78. The number of halogens is 3. The van der Waals surface area contributed by atoms with Crippen LogP contribution in [0.2, 0.25) is 0 Å². The van der Waals surface area contributed by atoms with E-state index in [-0.39, 0.29) is 12.4 Å². The number of benzene rings is 4. The monoisotopic (exact) mass is 591 g/mol. The maximum Gasteiger partial charge on any atom is 0.573 e. The molecule has 10 heteroatoms. The Balaban J connectivity index is 1.42. The van der Waals surface area contributed by atoms with E-state index in [9.17, 15) is 18.0 Å². The fourth-order valence-corrected chi connectivity index (χ4v) is 5.24. The average molecular weight is 592 g/mol. The molecule has 0 saturated heterocycles. The van der Waals surface area contributed by atoms with Gasteiger partial charge in [-0.25, -0.2) is 9.78 Å². The van der Waals surface area contributed by atoms with Crippen molar-refractivity contribution in [2.75, 3.05) is 6.61 Å². The maximum atomic E-state index is 12.7. The number of aliphatic carboxylic acids is 1. The quantitative estimate of drug-likeness (QED) is 0.176. The molecule has 0 fully saturated rings. The Kier molecular flexibility index (Phi) is 8.44. The lowest BCUT2D eigenvalue weighted by molar-refractivity contribution is -0.274. The standard InChI is InChI=1S/C32H24F3NO5S/c1-20-17-26(15-16-27(20)40-19-29(37)38)39-18-28-36-30(23-9-7-22(8-10-23)21-5-3-2-4-6-21)31(42-28)24-11-13-25(14-12-24)41-32(33,34)35/h2-17H,18-19H2,1H3,(H,37,38). The Morgan fingerprint density at radius 1 is 0.810 bits per heavy atom. The molecule has 0 atom stereocenters. The average Bonchev–Trinajstić information content (AvgIpc) is 3.40. The van der Waals surface area contributed by atoms with Gasteiger partial charge in [-0.15, -0.1) is 24.5 Å². The normalized spacial score (nSPS) is 11.2. The number of carboxylic acids is 1. The number of rotatable bonds is 10. The molecule has 0 unspecified atom stereocenters. The molecule has 5 aromatic rings. The predicted molar refractivity (Wildman–Crippen MR) is 154 cm³/mol. The van der Waals surface area contributed by atoms with Gasteiger partial charge in [-0.05, 0) is 71.6 Å². The second kappa shape index (κ2) is 12.4. The molecular weight excluding hydrogens is 567 g/mol. The third kappa shape index (κ3) is 7.27. The molecule has 4 aromatic carbocycles. The van der Waals surface area contributed by atoms with Crippen molar-refractivity contribution in [2.45, 2.75) is 19.9 Å². The minimum absolute atomic E-state index is 0.143. The number of aromatic nitrogens is 1. The number of carboxylic acid groups (broad SMARTS) is 1. The summed E-state index contributed by atoms with van der Waals surface area (Å²) >= 11 is 1.38. The first-order valence-electron chi connectivity index (χ1n) is 12.7. The molecule has 6 nitrogen and oxygen atoms in total. The van der Waals surface area contributed by atoms with Crippen LogP contribution in [0, 0.1) is 6.92 Å². The number of carbonyl (C=O) groups is 1. The summed E-state index contributed by atoms with van der Waals surface area (Å²) in [7, 11) is 0. The number of hydrogen-bond donors (Lipinski definition) is 1. The highest BCUT2D eigenvalue weighted by molar-refractivity contribution is 7.15. The number of nitrogens with zero attached hydrogens (tertiary/aromatic N) is 1. The SMILES string of the molecule is Cc1cc(OCc2nc(-c3ccc(-c4ccccc4)cc3)c(-c3ccc(OC(F)(F)F)cc3)s2)ccc1OCC(=O)O. The fraction of sp³-hybridized carbons (Fsp3) is 0.125. The first-order valence-corrected chi connectivity index (χ1v) is 13.6. The molecular formula is C32H24F3NO5S. The number of alkyl halides is 3. The minimum Gasteiger partial charge on any atom is -0.486 e. The van der Waals surface area contributed by atoms with Gasteiger partial charge < -0.3 is 19.3 Å². The zero-order valence-corrected chi connectivity index (χ0v) is 23.0. The highest BCUT2D eigenvalue weighted by Gasteiger charge is 2.31. The molecule has 1 N–H and O–H groups in total. The van der Waals surface area contributed by atoms with E-state index in [1.54, 1.807) is 37.3 Å². The molecule has 0 aliphatic carbocycles. The Morgan fingerprint density at radius 3 is 2.07 bits per heavy atom. The Morgan fingerprint density at radius 2 is 1.43 bits per heavy atom. The van der Waals surface area contributed by atoms with Gasteiger partial charge in [0.2, 0.25) is 0 Å². The van der Waals surface area contributed by atoms with E-state index in [1.165, 1.54) is 23.5 Å². The number of hydrogen-bond acceptors (Lipinski definition) is 6. The van der Waals surface area contributed by atoms with Crippen molar-refractivity contribution in [2.24, 2.45) is 0 Å². The van der Waals surface area contributed by atoms with Crippen molar-refractivity contribution in [3.8, 4) is 50.1 Å². The molecule has 1 heterocycles. The number of thiazole rings is 1. The van der Waals surface area contributed by atoms with E-state index in [4.69, 9.17) is 19.6 Å². The van der Waals surface area contributed by atoms with Crippen molar-refractivity contribution in [3.63, 3.8) is 0 Å². The first kappa shape index (κ1) is 28.7. The van der Waals surface area contributed by atoms with Crippen LogP contribution < -0.4 is 14.2 Å². The highest BCUT2D eigenvalue weighted by atomic mass is 32.1. The molecule has 0 spiro atoms. The van der Waals surface area contributed by atoms with Gasteiger partial charge in [0.1, 0.15) is 28.9 Å². The largest absolute Gasteiger partial charge is 0.573 e. The van der Waals surface area contributed by atoms with E-state index in [1.807, 2.05) is 54.6 Å². The van der Waals surface area contributed by atoms with E-state index in [0.29, 0.717) is 33.3 Å². The van der Waals surface area contributed by atoms with Crippen molar-refractivity contribution in [3.05, 3.63) is 108 Å². The van der Waals surface area contributed by atoms with E-state index < -0.39 is 18.9 Å². The van der Waals surface area contributed by atoms with Gasteiger partial charge in [-0.3, -0.25) is 0 Å². The van der Waals surface area contributed by atoms with Crippen LogP contribution in [0.15, 0.2) is 97.1 Å². The molecule has 0 amide bonds. The fourth-order valence-electron chi connectivity index (χ4n) is 4.23. The smallest absolute Gasteiger partial charge is 0.486 e. The van der Waals surface area contributed by atoms with Gasteiger partial charge in [-0.1, -0.05) is 54.6 Å². The summed E-state index contributed by atoms with van der Waals surface area (Å²) in [6.45, 7) is 1.49. The van der Waals surface area contributed by atoms with E-state index in [0.717, 1.165) is 21.6 Å². The summed E-state index contributed by atoms with van der Waals surface area (Å²) in [5.74, 6) is -0.378.